The van der Waals surface area contributed by atoms with Gasteiger partial charge in [-0.3, -0.25) is 4.79 Å². The molecule has 0 heterocycles. The molecule has 0 saturated heterocycles. The molecule has 3 heteroatoms. The second kappa shape index (κ2) is 19.2. The first-order valence-corrected chi connectivity index (χ1v) is 10.4. The van der Waals surface area contributed by atoms with Crippen molar-refractivity contribution in [1.82, 2.24) is 0 Å². The van der Waals surface area contributed by atoms with Crippen molar-refractivity contribution in [3.05, 3.63) is 24.3 Å². The summed E-state index contributed by atoms with van der Waals surface area (Å²) < 4.78 is 0. The lowest BCUT2D eigenvalue weighted by Crippen LogP contribution is -2.04. The summed E-state index contributed by atoms with van der Waals surface area (Å²) in [6.45, 7) is 2.18. The molecular weight excluding hydrogens is 312 g/mol. The van der Waals surface area contributed by atoms with E-state index in [2.05, 4.69) is 31.2 Å². The number of unbranched alkanes of at least 4 members (excludes halogenated alkanes) is 9. The van der Waals surface area contributed by atoms with Crippen LogP contribution in [0, 0.1) is 0 Å². The van der Waals surface area contributed by atoms with Crippen LogP contribution in [-0.2, 0) is 4.79 Å². The van der Waals surface area contributed by atoms with E-state index >= 15 is 0 Å². The molecule has 0 amide bonds. The van der Waals surface area contributed by atoms with Crippen LogP contribution in [0.25, 0.3) is 0 Å². The van der Waals surface area contributed by atoms with E-state index in [1.54, 1.807) is 0 Å². The molecule has 146 valence electrons. The topological polar surface area (TPSA) is 57.5 Å². The van der Waals surface area contributed by atoms with Crippen molar-refractivity contribution >= 4 is 5.97 Å². The third kappa shape index (κ3) is 20.9. The number of carboxylic acid groups (broad SMARTS) is 1. The second-order valence-corrected chi connectivity index (χ2v) is 6.97. The number of aliphatic hydroxyl groups excluding tert-OH is 1. The fraction of sp³-hybridized carbons (Fsp3) is 0.773. The first kappa shape index (κ1) is 23.9. The maximum absolute atomic E-state index is 10.4. The fourth-order valence-electron chi connectivity index (χ4n) is 2.82. The van der Waals surface area contributed by atoms with Crippen LogP contribution < -0.4 is 0 Å². The summed E-state index contributed by atoms with van der Waals surface area (Å²) in [5.41, 5.74) is 0. The summed E-state index contributed by atoms with van der Waals surface area (Å²) >= 11 is 0. The van der Waals surface area contributed by atoms with E-state index in [0.29, 0.717) is 6.42 Å². The van der Waals surface area contributed by atoms with Crippen molar-refractivity contribution in [2.24, 2.45) is 0 Å². The van der Waals surface area contributed by atoms with E-state index in [1.807, 2.05) is 0 Å². The quantitative estimate of drug-likeness (QED) is 0.221. The first-order chi connectivity index (χ1) is 12.2. The Balaban J connectivity index is 3.28. The summed E-state index contributed by atoms with van der Waals surface area (Å²) in [6.07, 6.45) is 24.1. The van der Waals surface area contributed by atoms with E-state index in [4.69, 9.17) is 5.11 Å². The van der Waals surface area contributed by atoms with Gasteiger partial charge in [-0.1, -0.05) is 89.0 Å². The van der Waals surface area contributed by atoms with E-state index in [9.17, 15) is 9.90 Å². The Morgan fingerprint density at radius 3 is 2.00 bits per heavy atom. The molecule has 1 atom stereocenters. The van der Waals surface area contributed by atoms with Crippen molar-refractivity contribution in [3.8, 4) is 0 Å². The third-order valence-corrected chi connectivity index (χ3v) is 4.40. The van der Waals surface area contributed by atoms with Crippen LogP contribution in [0.4, 0.5) is 0 Å². The van der Waals surface area contributed by atoms with Crippen LogP contribution in [-0.4, -0.2) is 22.3 Å². The Kier molecular flexibility index (Phi) is 18.4. The summed E-state index contributed by atoms with van der Waals surface area (Å²) in [5, 5.41) is 18.5. The largest absolute Gasteiger partial charge is 0.481 e. The van der Waals surface area contributed by atoms with E-state index < -0.39 is 5.97 Å². The molecular formula is C22H40O3. The maximum Gasteiger partial charge on any atom is 0.303 e. The molecule has 0 saturated carbocycles. The molecule has 0 spiro atoms. The SMILES string of the molecule is CCCC=CCC=CCC(O)CCCCCCCCCCCC(=O)O. The van der Waals surface area contributed by atoms with Gasteiger partial charge >= 0.3 is 5.97 Å². The zero-order valence-corrected chi connectivity index (χ0v) is 16.3. The lowest BCUT2D eigenvalue weighted by atomic mass is 10.0. The minimum absolute atomic E-state index is 0.190. The molecule has 0 aromatic heterocycles. The van der Waals surface area contributed by atoms with Crippen molar-refractivity contribution in [2.75, 3.05) is 0 Å². The molecule has 0 aromatic rings. The van der Waals surface area contributed by atoms with Crippen LogP contribution in [0.2, 0.25) is 0 Å². The highest BCUT2D eigenvalue weighted by molar-refractivity contribution is 5.66. The van der Waals surface area contributed by atoms with Gasteiger partial charge in [0.25, 0.3) is 0 Å². The average molecular weight is 353 g/mol. The monoisotopic (exact) mass is 352 g/mol. The molecule has 25 heavy (non-hydrogen) atoms. The Labute approximate surface area is 155 Å². The van der Waals surface area contributed by atoms with E-state index in [1.165, 1.54) is 38.5 Å². The van der Waals surface area contributed by atoms with Gasteiger partial charge in [0.15, 0.2) is 0 Å². The molecule has 0 bridgehead atoms. The van der Waals surface area contributed by atoms with Crippen molar-refractivity contribution in [2.45, 2.75) is 109 Å². The van der Waals surface area contributed by atoms with Gasteiger partial charge in [0.05, 0.1) is 6.10 Å². The minimum atomic E-state index is -0.679. The van der Waals surface area contributed by atoms with Gasteiger partial charge in [-0.05, 0) is 32.1 Å². The number of rotatable bonds is 18. The molecule has 1 unspecified atom stereocenters. The molecule has 0 aliphatic carbocycles. The predicted octanol–water partition coefficient (Wildman–Crippen LogP) is 6.42. The zero-order valence-electron chi connectivity index (χ0n) is 16.3. The van der Waals surface area contributed by atoms with Gasteiger partial charge in [0, 0.05) is 6.42 Å². The standard InChI is InChI=1S/C22H40O3/c1-2-3-4-5-9-12-15-18-21(23)19-16-13-10-7-6-8-11-14-17-20-22(24)25/h4-5,12,15,21,23H,2-3,6-11,13-14,16-20H2,1H3,(H,24,25). The number of carboxylic acids is 1. The Bertz CT molecular complexity index is 347. The smallest absolute Gasteiger partial charge is 0.303 e. The lowest BCUT2D eigenvalue weighted by Gasteiger charge is -2.07. The van der Waals surface area contributed by atoms with Gasteiger partial charge in [-0.25, -0.2) is 0 Å². The lowest BCUT2D eigenvalue weighted by molar-refractivity contribution is -0.137. The van der Waals surface area contributed by atoms with Crippen molar-refractivity contribution in [1.29, 1.82) is 0 Å². The highest BCUT2D eigenvalue weighted by Crippen LogP contribution is 2.13. The Morgan fingerprint density at radius 1 is 0.840 bits per heavy atom. The van der Waals surface area contributed by atoms with E-state index in [-0.39, 0.29) is 6.10 Å². The molecule has 2 N–H and O–H groups in total. The predicted molar refractivity (Wildman–Crippen MR) is 107 cm³/mol. The highest BCUT2D eigenvalue weighted by Gasteiger charge is 2.01. The molecule has 0 aliphatic rings. The third-order valence-electron chi connectivity index (χ3n) is 4.40. The number of aliphatic carboxylic acids is 1. The highest BCUT2D eigenvalue weighted by atomic mass is 16.4. The van der Waals surface area contributed by atoms with Crippen LogP contribution in [0.1, 0.15) is 103 Å². The summed E-state index contributed by atoms with van der Waals surface area (Å²) in [5.74, 6) is -0.679. The molecule has 0 rings (SSSR count). The number of carbonyl (C=O) groups is 1. The van der Waals surface area contributed by atoms with Crippen molar-refractivity contribution < 1.29 is 15.0 Å². The molecule has 0 radical (unpaired) electrons. The number of aliphatic hydroxyl groups is 1. The van der Waals surface area contributed by atoms with Gasteiger partial charge < -0.3 is 10.2 Å². The summed E-state index contributed by atoms with van der Waals surface area (Å²) in [7, 11) is 0. The molecule has 3 nitrogen and oxygen atoms in total. The normalized spacial score (nSPS) is 13.0. The molecule has 0 aliphatic heterocycles. The molecule has 0 fully saturated rings. The van der Waals surface area contributed by atoms with Gasteiger partial charge in [-0.2, -0.15) is 0 Å². The summed E-state index contributed by atoms with van der Waals surface area (Å²) in [6, 6.07) is 0. The minimum Gasteiger partial charge on any atom is -0.481 e. The number of allylic oxidation sites excluding steroid dienone is 3. The fourth-order valence-corrected chi connectivity index (χ4v) is 2.82. The van der Waals surface area contributed by atoms with Crippen molar-refractivity contribution in [3.63, 3.8) is 0 Å². The first-order valence-electron chi connectivity index (χ1n) is 10.4. The van der Waals surface area contributed by atoms with Gasteiger partial charge in [-0.15, -0.1) is 0 Å². The van der Waals surface area contributed by atoms with Crippen LogP contribution >= 0.6 is 0 Å². The van der Waals surface area contributed by atoms with E-state index in [0.717, 1.165) is 51.4 Å². The van der Waals surface area contributed by atoms with Crippen LogP contribution in [0.3, 0.4) is 0 Å². The zero-order chi connectivity index (χ0) is 18.6. The Morgan fingerprint density at radius 2 is 1.40 bits per heavy atom. The van der Waals surface area contributed by atoms with Crippen LogP contribution in [0.15, 0.2) is 24.3 Å². The number of hydrogen-bond donors (Lipinski definition) is 2. The number of hydrogen-bond acceptors (Lipinski definition) is 2. The van der Waals surface area contributed by atoms with Gasteiger partial charge in [0.1, 0.15) is 0 Å². The average Bonchev–Trinajstić information content (AvgIpc) is 2.58. The van der Waals surface area contributed by atoms with Crippen LogP contribution in [0.5, 0.6) is 0 Å². The Hall–Kier alpha value is -1.09. The second-order valence-electron chi connectivity index (χ2n) is 6.97. The summed E-state index contributed by atoms with van der Waals surface area (Å²) in [4.78, 5) is 10.4. The molecule has 0 aromatic carbocycles. The maximum atomic E-state index is 10.4. The van der Waals surface area contributed by atoms with Gasteiger partial charge in [0.2, 0.25) is 0 Å².